The van der Waals surface area contributed by atoms with E-state index in [1.165, 1.54) is 18.5 Å². The first-order valence-electron chi connectivity index (χ1n) is 6.58. The standard InChI is InChI=1S/C13H9F3N4O5S/c14-13(15,16)25-9-2-4-10(5-3-9)26(23,24)11(20(21)22)8-19-12-17-6-1-7-18-12/h1-8H,(H,17,18,19)/b11-8-. The number of sulfone groups is 1. The Morgan fingerprint density at radius 1 is 1.19 bits per heavy atom. The molecule has 0 atom stereocenters. The molecule has 0 unspecified atom stereocenters. The number of hydrogen-bond donors (Lipinski definition) is 1. The van der Waals surface area contributed by atoms with Gasteiger partial charge in [0.1, 0.15) is 5.75 Å². The van der Waals surface area contributed by atoms with Crippen LogP contribution in [0.15, 0.2) is 58.9 Å². The maximum Gasteiger partial charge on any atom is 0.573 e. The molecule has 1 N–H and O–H groups in total. The molecule has 0 radical (unpaired) electrons. The molecule has 0 amide bonds. The van der Waals surface area contributed by atoms with Crippen molar-refractivity contribution >= 4 is 15.8 Å². The van der Waals surface area contributed by atoms with E-state index < -0.39 is 36.8 Å². The first kappa shape index (κ1) is 19.1. The molecule has 2 rings (SSSR count). The largest absolute Gasteiger partial charge is 0.573 e. The minimum absolute atomic E-state index is 0.0871. The van der Waals surface area contributed by atoms with Crippen LogP contribution >= 0.6 is 0 Å². The highest BCUT2D eigenvalue weighted by Crippen LogP contribution is 2.26. The summed E-state index contributed by atoms with van der Waals surface area (Å²) in [5.74, 6) is -0.755. The van der Waals surface area contributed by atoms with Gasteiger partial charge in [-0.15, -0.1) is 13.2 Å². The molecule has 0 bridgehead atoms. The van der Waals surface area contributed by atoms with Gasteiger partial charge in [-0.05, 0) is 30.3 Å². The highest BCUT2D eigenvalue weighted by Gasteiger charge is 2.33. The number of halogens is 3. The first-order valence-corrected chi connectivity index (χ1v) is 8.07. The summed E-state index contributed by atoms with van der Waals surface area (Å²) in [5.41, 5.74) is 0. The van der Waals surface area contributed by atoms with E-state index in [0.717, 1.165) is 24.3 Å². The van der Waals surface area contributed by atoms with E-state index in [1.54, 1.807) is 0 Å². The third kappa shape index (κ3) is 4.89. The fourth-order valence-corrected chi connectivity index (χ4v) is 2.82. The van der Waals surface area contributed by atoms with Crippen molar-refractivity contribution in [3.8, 4) is 5.75 Å². The van der Waals surface area contributed by atoms with Crippen molar-refractivity contribution < 1.29 is 31.2 Å². The van der Waals surface area contributed by atoms with Gasteiger partial charge in [-0.2, -0.15) is 0 Å². The lowest BCUT2D eigenvalue weighted by Gasteiger charge is -2.09. The fourth-order valence-electron chi connectivity index (χ4n) is 1.67. The van der Waals surface area contributed by atoms with Crippen LogP contribution in [-0.4, -0.2) is 29.7 Å². The Morgan fingerprint density at radius 3 is 2.27 bits per heavy atom. The normalized spacial score (nSPS) is 12.5. The quantitative estimate of drug-likeness (QED) is 0.589. The number of alkyl halides is 3. The molecule has 26 heavy (non-hydrogen) atoms. The van der Waals surface area contributed by atoms with E-state index in [0.29, 0.717) is 6.20 Å². The SMILES string of the molecule is O=[N+]([O-])/C(=C/Nc1ncccn1)S(=O)(=O)c1ccc(OC(F)(F)F)cc1. The fraction of sp³-hybridized carbons (Fsp3) is 0.0769. The molecule has 0 spiro atoms. The molecule has 1 aromatic carbocycles. The Hall–Kier alpha value is -3.22. The summed E-state index contributed by atoms with van der Waals surface area (Å²) in [6.45, 7) is 0. The van der Waals surface area contributed by atoms with Gasteiger partial charge in [-0.25, -0.2) is 18.4 Å². The average Bonchev–Trinajstić information content (AvgIpc) is 2.54. The predicted molar refractivity (Wildman–Crippen MR) is 81.0 cm³/mol. The molecular weight excluding hydrogens is 381 g/mol. The van der Waals surface area contributed by atoms with E-state index in [1.807, 2.05) is 0 Å². The predicted octanol–water partition coefficient (Wildman–Crippen LogP) is 2.34. The molecular formula is C13H9F3N4O5S. The van der Waals surface area contributed by atoms with Crippen LogP contribution in [0.3, 0.4) is 0 Å². The molecule has 0 saturated carbocycles. The van der Waals surface area contributed by atoms with Crippen LogP contribution < -0.4 is 10.1 Å². The molecule has 0 aliphatic rings. The monoisotopic (exact) mass is 390 g/mol. The van der Waals surface area contributed by atoms with E-state index in [9.17, 15) is 31.7 Å². The van der Waals surface area contributed by atoms with Gasteiger partial charge < -0.3 is 10.1 Å². The molecule has 0 fully saturated rings. The lowest BCUT2D eigenvalue weighted by Crippen LogP contribution is -2.17. The number of hydrogen-bond acceptors (Lipinski definition) is 8. The second kappa shape index (κ2) is 7.35. The molecule has 0 saturated heterocycles. The number of benzene rings is 1. The average molecular weight is 390 g/mol. The van der Waals surface area contributed by atoms with Crippen molar-refractivity contribution in [2.45, 2.75) is 11.3 Å². The molecule has 1 aromatic heterocycles. The van der Waals surface area contributed by atoms with Gasteiger partial charge in [0.25, 0.3) is 9.84 Å². The van der Waals surface area contributed by atoms with Crippen molar-refractivity contribution in [3.05, 3.63) is 64.1 Å². The number of rotatable bonds is 6. The third-order valence-electron chi connectivity index (χ3n) is 2.71. The molecule has 9 nitrogen and oxygen atoms in total. The summed E-state index contributed by atoms with van der Waals surface area (Å²) in [4.78, 5) is 16.8. The van der Waals surface area contributed by atoms with Crippen molar-refractivity contribution in [1.29, 1.82) is 0 Å². The molecule has 138 valence electrons. The molecule has 1 heterocycles. The number of nitrogens with zero attached hydrogens (tertiary/aromatic N) is 3. The lowest BCUT2D eigenvalue weighted by molar-refractivity contribution is -0.411. The maximum atomic E-state index is 12.3. The van der Waals surface area contributed by atoms with Gasteiger partial charge in [0.05, 0.1) is 16.0 Å². The number of aromatic nitrogens is 2. The van der Waals surface area contributed by atoms with Crippen LogP contribution in [0.25, 0.3) is 0 Å². The summed E-state index contributed by atoms with van der Waals surface area (Å²) in [6, 6.07) is 4.45. The molecule has 2 aromatic rings. The molecule has 13 heteroatoms. The van der Waals surface area contributed by atoms with E-state index >= 15 is 0 Å². The Bertz CT molecular complexity index is 915. The van der Waals surface area contributed by atoms with Gasteiger partial charge in [0.15, 0.2) is 0 Å². The zero-order valence-electron chi connectivity index (χ0n) is 12.5. The van der Waals surface area contributed by atoms with Crippen LogP contribution in [0.1, 0.15) is 0 Å². The minimum atomic E-state index is -4.95. The number of nitro groups is 1. The lowest BCUT2D eigenvalue weighted by atomic mass is 10.3. The highest BCUT2D eigenvalue weighted by atomic mass is 32.2. The van der Waals surface area contributed by atoms with Gasteiger partial charge in [-0.1, -0.05) is 0 Å². The Kier molecular flexibility index (Phi) is 5.40. The van der Waals surface area contributed by atoms with Crippen molar-refractivity contribution in [3.63, 3.8) is 0 Å². The molecule has 0 aliphatic heterocycles. The topological polar surface area (TPSA) is 124 Å². The number of nitrogens with one attached hydrogen (secondary N) is 1. The molecule has 0 aliphatic carbocycles. The second-order valence-electron chi connectivity index (χ2n) is 4.48. The summed E-state index contributed by atoms with van der Waals surface area (Å²) in [7, 11) is -4.62. The van der Waals surface area contributed by atoms with Crippen molar-refractivity contribution in [1.82, 2.24) is 9.97 Å². The van der Waals surface area contributed by atoms with Crippen molar-refractivity contribution in [2.75, 3.05) is 5.32 Å². The Balaban J connectivity index is 2.31. The summed E-state index contributed by atoms with van der Waals surface area (Å²) < 4.78 is 64.6. The highest BCUT2D eigenvalue weighted by molar-refractivity contribution is 7.95. The number of anilines is 1. The zero-order chi connectivity index (χ0) is 19.4. The van der Waals surface area contributed by atoms with Crippen LogP contribution in [0.5, 0.6) is 5.75 Å². The first-order chi connectivity index (χ1) is 12.1. The minimum Gasteiger partial charge on any atom is -0.406 e. The van der Waals surface area contributed by atoms with Crippen LogP contribution in [-0.2, 0) is 9.84 Å². The zero-order valence-corrected chi connectivity index (χ0v) is 13.4. The summed E-state index contributed by atoms with van der Waals surface area (Å²) >= 11 is 0. The Morgan fingerprint density at radius 2 is 1.77 bits per heavy atom. The van der Waals surface area contributed by atoms with Gasteiger partial charge in [0.2, 0.25) is 5.95 Å². The Labute approximate surface area is 144 Å². The smallest absolute Gasteiger partial charge is 0.406 e. The van der Waals surface area contributed by atoms with Gasteiger partial charge >= 0.3 is 11.4 Å². The summed E-state index contributed by atoms with van der Waals surface area (Å²) in [5, 5.41) is 12.1. The maximum absolute atomic E-state index is 12.3. The summed E-state index contributed by atoms with van der Waals surface area (Å²) in [6.07, 6.45) is -1.73. The van der Waals surface area contributed by atoms with E-state index in [2.05, 4.69) is 20.0 Å². The van der Waals surface area contributed by atoms with Crippen LogP contribution in [0, 0.1) is 10.1 Å². The van der Waals surface area contributed by atoms with E-state index in [4.69, 9.17) is 0 Å². The van der Waals surface area contributed by atoms with Crippen LogP contribution in [0.4, 0.5) is 19.1 Å². The van der Waals surface area contributed by atoms with Gasteiger partial charge in [-0.3, -0.25) is 10.1 Å². The second-order valence-corrected chi connectivity index (χ2v) is 6.38. The van der Waals surface area contributed by atoms with Crippen molar-refractivity contribution in [2.24, 2.45) is 0 Å². The van der Waals surface area contributed by atoms with Gasteiger partial charge in [0, 0.05) is 12.4 Å². The third-order valence-corrected chi connectivity index (χ3v) is 4.42. The van der Waals surface area contributed by atoms with E-state index in [-0.39, 0.29) is 5.95 Å². The number of ether oxygens (including phenoxy) is 1. The van der Waals surface area contributed by atoms with Crippen LogP contribution in [0.2, 0.25) is 0 Å².